The zero-order valence-electron chi connectivity index (χ0n) is 17.4. The van der Waals surface area contributed by atoms with Crippen LogP contribution in [0.2, 0.25) is 0 Å². The fourth-order valence-corrected chi connectivity index (χ4v) is 5.12. The van der Waals surface area contributed by atoms with Gasteiger partial charge in [-0.25, -0.2) is 9.37 Å². The van der Waals surface area contributed by atoms with E-state index in [0.717, 1.165) is 16.0 Å². The molecule has 0 aliphatic carbocycles. The summed E-state index contributed by atoms with van der Waals surface area (Å²) in [5, 5.41) is 1.14. The summed E-state index contributed by atoms with van der Waals surface area (Å²) in [7, 11) is 1.72. The van der Waals surface area contributed by atoms with Crippen molar-refractivity contribution >= 4 is 39.2 Å². The van der Waals surface area contributed by atoms with E-state index in [9.17, 15) is 14.0 Å². The molecule has 1 unspecified atom stereocenters. The topological polar surface area (TPSA) is 55.2 Å². The van der Waals surface area contributed by atoms with Crippen LogP contribution in [0.5, 0.6) is 0 Å². The molecule has 30 heavy (non-hydrogen) atoms. The second-order valence-electron chi connectivity index (χ2n) is 7.08. The van der Waals surface area contributed by atoms with Crippen LogP contribution in [0.1, 0.15) is 29.0 Å². The molecule has 0 N–H and O–H groups in total. The van der Waals surface area contributed by atoms with Gasteiger partial charge in [-0.15, -0.1) is 17.9 Å². The lowest BCUT2D eigenvalue weighted by atomic mass is 10.1. The largest absolute Gasteiger partial charge is 0.338 e. The van der Waals surface area contributed by atoms with Gasteiger partial charge in [0.15, 0.2) is 5.16 Å². The second kappa shape index (κ2) is 9.14. The smallest absolute Gasteiger partial charge is 0.263 e. The number of amides is 1. The predicted molar refractivity (Wildman–Crippen MR) is 122 cm³/mol. The van der Waals surface area contributed by atoms with Crippen molar-refractivity contribution in [1.29, 1.82) is 0 Å². The second-order valence-corrected chi connectivity index (χ2v) is 9.23. The van der Waals surface area contributed by atoms with Crippen LogP contribution < -0.4 is 5.56 Å². The monoisotopic (exact) mass is 445 g/mol. The number of thiophene rings is 1. The molecule has 5 nitrogen and oxygen atoms in total. The Labute approximate surface area is 183 Å². The lowest BCUT2D eigenvalue weighted by Crippen LogP contribution is -2.31. The molecule has 0 saturated carbocycles. The number of aromatic nitrogens is 2. The summed E-state index contributed by atoms with van der Waals surface area (Å²) < 4.78 is 14.7. The van der Waals surface area contributed by atoms with Crippen molar-refractivity contribution in [2.45, 2.75) is 38.5 Å². The van der Waals surface area contributed by atoms with E-state index in [1.807, 2.05) is 20.8 Å². The van der Waals surface area contributed by atoms with Gasteiger partial charge in [0.25, 0.3) is 5.56 Å². The van der Waals surface area contributed by atoms with Crippen LogP contribution in [0.4, 0.5) is 4.39 Å². The van der Waals surface area contributed by atoms with E-state index in [2.05, 4.69) is 11.6 Å². The number of rotatable bonds is 7. The van der Waals surface area contributed by atoms with Crippen LogP contribution in [0.25, 0.3) is 10.2 Å². The molecule has 3 aromatic rings. The van der Waals surface area contributed by atoms with Gasteiger partial charge in [0.2, 0.25) is 5.91 Å². The molecule has 0 radical (unpaired) electrons. The van der Waals surface area contributed by atoms with Crippen molar-refractivity contribution in [3.05, 3.63) is 69.1 Å². The molecule has 2 aromatic heterocycles. The molecule has 0 bridgehead atoms. The zero-order chi connectivity index (χ0) is 22.0. The number of carbonyl (C=O) groups excluding carboxylic acids is 1. The lowest BCUT2D eigenvalue weighted by Gasteiger charge is -2.25. The Morgan fingerprint density at radius 1 is 1.37 bits per heavy atom. The summed E-state index contributed by atoms with van der Waals surface area (Å²) in [5.74, 6) is -0.272. The molecule has 2 heterocycles. The molecule has 1 atom stereocenters. The van der Waals surface area contributed by atoms with Gasteiger partial charge in [0.05, 0.1) is 17.2 Å². The molecule has 0 aliphatic heterocycles. The van der Waals surface area contributed by atoms with E-state index in [1.165, 1.54) is 35.2 Å². The number of benzene rings is 1. The number of allylic oxidation sites excluding steroid dienone is 1. The minimum absolute atomic E-state index is 0.102. The molecule has 158 valence electrons. The Morgan fingerprint density at radius 3 is 2.67 bits per heavy atom. The number of aryl methyl sites for hydroxylation is 2. The molecular formula is C22H24FN3O2S2. The number of hydrogen-bond acceptors (Lipinski definition) is 5. The van der Waals surface area contributed by atoms with E-state index in [0.29, 0.717) is 21.9 Å². The first kappa shape index (κ1) is 22.2. The average molecular weight is 446 g/mol. The van der Waals surface area contributed by atoms with Crippen LogP contribution in [0, 0.1) is 19.7 Å². The van der Waals surface area contributed by atoms with Gasteiger partial charge in [-0.05, 0) is 44.0 Å². The number of carbonyl (C=O) groups is 1. The Balaban J connectivity index is 1.82. The Morgan fingerprint density at radius 2 is 2.03 bits per heavy atom. The SMILES string of the molecule is C=CCn1c(SCC(=O)N(C)C(C)c2ccc(F)cc2)nc2sc(C)c(C)c2c1=O. The zero-order valence-corrected chi connectivity index (χ0v) is 19.1. The predicted octanol–water partition coefficient (Wildman–Crippen LogP) is 4.71. The van der Waals surface area contributed by atoms with Crippen LogP contribution in [-0.4, -0.2) is 33.2 Å². The first-order chi connectivity index (χ1) is 14.2. The van der Waals surface area contributed by atoms with E-state index < -0.39 is 0 Å². The van der Waals surface area contributed by atoms with Crippen molar-refractivity contribution in [3.63, 3.8) is 0 Å². The third-order valence-corrected chi connectivity index (χ3v) is 7.28. The minimum atomic E-state index is -0.309. The van der Waals surface area contributed by atoms with E-state index >= 15 is 0 Å². The van der Waals surface area contributed by atoms with E-state index in [-0.39, 0.29) is 29.1 Å². The van der Waals surface area contributed by atoms with Crippen LogP contribution in [-0.2, 0) is 11.3 Å². The highest BCUT2D eigenvalue weighted by Gasteiger charge is 2.20. The van der Waals surface area contributed by atoms with Crippen molar-refractivity contribution in [3.8, 4) is 0 Å². The fourth-order valence-electron chi connectivity index (χ4n) is 3.12. The van der Waals surface area contributed by atoms with Crippen LogP contribution in [0.15, 0.2) is 46.9 Å². The van der Waals surface area contributed by atoms with Crippen LogP contribution in [0.3, 0.4) is 0 Å². The highest BCUT2D eigenvalue weighted by molar-refractivity contribution is 7.99. The molecule has 0 saturated heterocycles. The normalized spacial score (nSPS) is 12.2. The third-order valence-electron chi connectivity index (χ3n) is 5.22. The fraction of sp³-hybridized carbons (Fsp3) is 0.318. The first-order valence-corrected chi connectivity index (χ1v) is 11.3. The Bertz CT molecular complexity index is 1150. The minimum Gasteiger partial charge on any atom is -0.338 e. The van der Waals surface area contributed by atoms with Crippen molar-refractivity contribution in [2.24, 2.45) is 0 Å². The maximum Gasteiger partial charge on any atom is 0.263 e. The standard InChI is InChI=1S/C22H24FN3O2S2/c1-6-11-26-21(28)19-13(2)15(4)30-20(19)24-22(26)29-12-18(27)25(5)14(3)16-7-9-17(23)10-8-16/h6-10,14H,1,11-12H2,2-5H3. The molecule has 0 fully saturated rings. The summed E-state index contributed by atoms with van der Waals surface area (Å²) in [6.45, 7) is 9.86. The summed E-state index contributed by atoms with van der Waals surface area (Å²) in [4.78, 5) is 33.8. The highest BCUT2D eigenvalue weighted by atomic mass is 32.2. The van der Waals surface area contributed by atoms with Crippen molar-refractivity contribution in [2.75, 3.05) is 12.8 Å². The van der Waals surface area contributed by atoms with E-state index in [4.69, 9.17) is 0 Å². The first-order valence-electron chi connectivity index (χ1n) is 9.50. The van der Waals surface area contributed by atoms with Gasteiger partial charge < -0.3 is 4.90 Å². The van der Waals surface area contributed by atoms with Gasteiger partial charge in [0, 0.05) is 18.5 Å². The number of fused-ring (bicyclic) bond motifs is 1. The van der Waals surface area contributed by atoms with Gasteiger partial charge in [-0.2, -0.15) is 0 Å². The van der Waals surface area contributed by atoms with Gasteiger partial charge in [-0.1, -0.05) is 30.0 Å². The number of nitrogens with zero attached hydrogens (tertiary/aromatic N) is 3. The van der Waals surface area contributed by atoms with Crippen LogP contribution >= 0.6 is 23.1 Å². The van der Waals surface area contributed by atoms with Gasteiger partial charge in [0.1, 0.15) is 10.6 Å². The molecule has 0 spiro atoms. The maximum atomic E-state index is 13.2. The molecule has 0 aliphatic rings. The number of halogens is 1. The third kappa shape index (κ3) is 4.34. The quantitative estimate of drug-likeness (QED) is 0.300. The van der Waals surface area contributed by atoms with Crippen molar-refractivity contribution in [1.82, 2.24) is 14.5 Å². The summed E-state index contributed by atoms with van der Waals surface area (Å²) in [6.07, 6.45) is 1.65. The molecular weight excluding hydrogens is 421 g/mol. The Kier molecular flexibility index (Phi) is 6.77. The molecule has 1 amide bonds. The van der Waals surface area contributed by atoms with Gasteiger partial charge in [-0.3, -0.25) is 14.2 Å². The Hall–Kier alpha value is -2.45. The van der Waals surface area contributed by atoms with Crippen molar-refractivity contribution < 1.29 is 9.18 Å². The highest BCUT2D eigenvalue weighted by Crippen LogP contribution is 2.29. The van der Waals surface area contributed by atoms with Gasteiger partial charge >= 0.3 is 0 Å². The maximum absolute atomic E-state index is 13.2. The number of hydrogen-bond donors (Lipinski definition) is 0. The lowest BCUT2D eigenvalue weighted by molar-refractivity contribution is -0.128. The molecule has 1 aromatic carbocycles. The summed E-state index contributed by atoms with van der Waals surface area (Å²) >= 11 is 2.73. The summed E-state index contributed by atoms with van der Waals surface area (Å²) in [6, 6.07) is 5.92. The summed E-state index contributed by atoms with van der Waals surface area (Å²) in [5.41, 5.74) is 1.69. The number of thioether (sulfide) groups is 1. The average Bonchev–Trinajstić information content (AvgIpc) is 3.01. The molecule has 8 heteroatoms. The molecule has 3 rings (SSSR count). The van der Waals surface area contributed by atoms with E-state index in [1.54, 1.807) is 34.7 Å².